The monoisotopic (exact) mass is 524 g/mol. The van der Waals surface area contributed by atoms with E-state index >= 15 is 0 Å². The van der Waals surface area contributed by atoms with Crippen LogP contribution in [0, 0.1) is 5.92 Å². The second-order valence-corrected chi connectivity index (χ2v) is 11.1. The van der Waals surface area contributed by atoms with Crippen molar-refractivity contribution in [1.82, 2.24) is 19.2 Å². The number of ketones is 1. The Labute approximate surface area is 221 Å². The number of ether oxygens (including phenoxy) is 1. The van der Waals surface area contributed by atoms with E-state index in [2.05, 4.69) is 15.4 Å². The molecule has 4 rings (SSSR count). The highest BCUT2D eigenvalue weighted by molar-refractivity contribution is 6.02. The van der Waals surface area contributed by atoms with Crippen LogP contribution in [-0.4, -0.2) is 54.9 Å². The fourth-order valence-electron chi connectivity index (χ4n) is 4.63. The largest absolute Gasteiger partial charge is 0.443 e. The van der Waals surface area contributed by atoms with Gasteiger partial charge < -0.3 is 19.7 Å². The van der Waals surface area contributed by atoms with E-state index < -0.39 is 11.7 Å². The molecule has 1 amide bonds. The molecule has 0 aromatic carbocycles. The van der Waals surface area contributed by atoms with Gasteiger partial charge in [0.2, 0.25) is 0 Å². The number of Topliss-reactive ketones (excluding diaryl/α,β-unsaturated/α-hetero) is 1. The van der Waals surface area contributed by atoms with Crippen LogP contribution in [0.1, 0.15) is 76.7 Å². The van der Waals surface area contributed by atoms with Gasteiger partial charge in [-0.05, 0) is 71.9 Å². The van der Waals surface area contributed by atoms with Crippen molar-refractivity contribution in [2.24, 2.45) is 5.92 Å². The summed E-state index contributed by atoms with van der Waals surface area (Å²) >= 11 is 0. The van der Waals surface area contributed by atoms with Crippen LogP contribution < -0.4 is 15.8 Å². The second-order valence-electron chi connectivity index (χ2n) is 11.1. The predicted octanol–water partition coefficient (Wildman–Crippen LogP) is 4.32. The van der Waals surface area contributed by atoms with Crippen LogP contribution in [0.25, 0.3) is 5.65 Å². The Kier molecular flexibility index (Phi) is 7.59. The Bertz CT molecular complexity index is 1400. The van der Waals surface area contributed by atoms with Crippen molar-refractivity contribution in [2.45, 2.75) is 78.0 Å². The summed E-state index contributed by atoms with van der Waals surface area (Å²) in [6, 6.07) is 4.96. The third-order valence-electron chi connectivity index (χ3n) is 6.55. The molecular weight excluding hydrogens is 488 g/mol. The molecule has 0 radical (unpaired) electrons. The van der Waals surface area contributed by atoms with Crippen molar-refractivity contribution >= 4 is 34.8 Å². The zero-order chi connectivity index (χ0) is 27.8. The minimum Gasteiger partial charge on any atom is -0.443 e. The van der Waals surface area contributed by atoms with Gasteiger partial charge in [0.25, 0.3) is 5.56 Å². The summed E-state index contributed by atoms with van der Waals surface area (Å²) < 4.78 is 8.55. The number of nitrogens with zero attached hydrogens (tertiary/aromatic N) is 5. The zero-order valence-electron chi connectivity index (χ0n) is 22.8. The van der Waals surface area contributed by atoms with Crippen molar-refractivity contribution in [3.8, 4) is 0 Å². The number of aliphatic hydroxyl groups is 1. The van der Waals surface area contributed by atoms with Gasteiger partial charge in [0.15, 0.2) is 11.4 Å². The summed E-state index contributed by atoms with van der Waals surface area (Å²) in [6.45, 7) is 9.14. The van der Waals surface area contributed by atoms with Crippen molar-refractivity contribution in [1.29, 1.82) is 0 Å². The number of nitrogens with one attached hydrogen (secondary N) is 1. The van der Waals surface area contributed by atoms with Crippen LogP contribution in [0.15, 0.2) is 35.4 Å². The van der Waals surface area contributed by atoms with Gasteiger partial charge >= 0.3 is 6.09 Å². The van der Waals surface area contributed by atoms with E-state index in [0.717, 1.165) is 6.42 Å². The van der Waals surface area contributed by atoms with Crippen molar-refractivity contribution < 1.29 is 19.4 Å². The van der Waals surface area contributed by atoms with Gasteiger partial charge in [-0.2, -0.15) is 9.61 Å². The Morgan fingerprint density at radius 3 is 2.66 bits per heavy atom. The molecule has 1 saturated carbocycles. The third-order valence-corrected chi connectivity index (χ3v) is 6.55. The maximum atomic E-state index is 13.3. The van der Waals surface area contributed by atoms with Gasteiger partial charge in [-0.15, -0.1) is 0 Å². The van der Waals surface area contributed by atoms with Crippen LogP contribution in [0.5, 0.6) is 0 Å². The van der Waals surface area contributed by atoms with Gasteiger partial charge in [0.1, 0.15) is 22.9 Å². The summed E-state index contributed by atoms with van der Waals surface area (Å²) in [7, 11) is 1.55. The number of hydrogen-bond acceptors (Lipinski definition) is 8. The lowest BCUT2D eigenvalue weighted by Crippen LogP contribution is -2.35. The van der Waals surface area contributed by atoms with Crippen LogP contribution >= 0.6 is 0 Å². The van der Waals surface area contributed by atoms with Crippen LogP contribution in [0.2, 0.25) is 0 Å². The number of fused-ring (bicyclic) bond motifs is 1. The van der Waals surface area contributed by atoms with Crippen molar-refractivity contribution in [3.05, 3.63) is 46.5 Å². The first-order valence-corrected chi connectivity index (χ1v) is 12.9. The van der Waals surface area contributed by atoms with Crippen LogP contribution in [0.3, 0.4) is 0 Å². The average molecular weight is 525 g/mol. The highest BCUT2D eigenvalue weighted by atomic mass is 16.6. The molecule has 0 bridgehead atoms. The van der Waals surface area contributed by atoms with Gasteiger partial charge in [-0.25, -0.2) is 9.78 Å². The molecule has 0 saturated heterocycles. The van der Waals surface area contributed by atoms with Crippen molar-refractivity contribution in [3.63, 3.8) is 0 Å². The number of rotatable bonds is 7. The quantitative estimate of drug-likeness (QED) is 0.437. The van der Waals surface area contributed by atoms with E-state index in [9.17, 15) is 19.5 Å². The first kappa shape index (κ1) is 27.3. The molecule has 11 nitrogen and oxygen atoms in total. The molecule has 38 heavy (non-hydrogen) atoms. The summed E-state index contributed by atoms with van der Waals surface area (Å²) in [6.07, 6.45) is 4.51. The number of pyridine rings is 1. The fraction of sp³-hybridized carbons (Fsp3) is 0.519. The maximum Gasteiger partial charge on any atom is 0.415 e. The molecule has 3 heterocycles. The second kappa shape index (κ2) is 10.6. The molecule has 1 aliphatic carbocycles. The van der Waals surface area contributed by atoms with Gasteiger partial charge in [-0.1, -0.05) is 0 Å². The van der Waals surface area contributed by atoms with E-state index in [4.69, 9.17) is 4.74 Å². The lowest BCUT2D eigenvalue weighted by Gasteiger charge is -2.25. The molecule has 0 aliphatic heterocycles. The Balaban J connectivity index is 1.77. The summed E-state index contributed by atoms with van der Waals surface area (Å²) in [5, 5.41) is 17.3. The molecule has 2 atom stereocenters. The molecule has 1 fully saturated rings. The van der Waals surface area contributed by atoms with E-state index in [-0.39, 0.29) is 47.3 Å². The van der Waals surface area contributed by atoms with E-state index in [0.29, 0.717) is 29.9 Å². The highest BCUT2D eigenvalue weighted by Gasteiger charge is 2.28. The maximum absolute atomic E-state index is 13.3. The number of carbonyl (C=O) groups excluding carboxylic acids is 2. The molecule has 0 unspecified atom stereocenters. The minimum absolute atomic E-state index is 0.0401. The first-order valence-electron chi connectivity index (χ1n) is 12.9. The molecular formula is C27H36N6O5. The standard InChI is InChI=1S/C27H36N6O5/c1-16(2)32-11-7-8-20(25(32)36)29-22-14-23(31(6)26(37)38-27(3,4)5)33-24(30-22)19(15-28-33)21(35)13-17-9-10-18(34)12-17/h7-8,11,14-18,34H,9-10,12-13H2,1-6H3,(H,29,30)/t17-,18+/m1/s1. The summed E-state index contributed by atoms with van der Waals surface area (Å²) in [5.74, 6) is 0.530. The van der Waals surface area contributed by atoms with Crippen LogP contribution in [0.4, 0.5) is 22.1 Å². The number of aromatic nitrogens is 4. The molecule has 1 aliphatic rings. The highest BCUT2D eigenvalue weighted by Crippen LogP contribution is 2.31. The van der Waals surface area contributed by atoms with E-state index in [1.165, 1.54) is 15.6 Å². The number of carbonyl (C=O) groups is 2. The zero-order valence-corrected chi connectivity index (χ0v) is 22.8. The number of amides is 1. The number of hydrogen-bond donors (Lipinski definition) is 2. The average Bonchev–Trinajstić information content (AvgIpc) is 3.44. The van der Waals surface area contributed by atoms with Crippen molar-refractivity contribution in [2.75, 3.05) is 17.3 Å². The molecule has 3 aromatic rings. The van der Waals surface area contributed by atoms with Gasteiger partial charge in [0, 0.05) is 31.8 Å². The Hall–Kier alpha value is -3.73. The lowest BCUT2D eigenvalue weighted by atomic mass is 9.98. The number of aliphatic hydroxyl groups excluding tert-OH is 1. The van der Waals surface area contributed by atoms with Gasteiger partial charge in [0.05, 0.1) is 17.9 Å². The minimum atomic E-state index is -0.721. The summed E-state index contributed by atoms with van der Waals surface area (Å²) in [4.78, 5) is 45.1. The fourth-order valence-corrected chi connectivity index (χ4v) is 4.63. The molecule has 3 aromatic heterocycles. The topological polar surface area (TPSA) is 131 Å². The summed E-state index contributed by atoms with van der Waals surface area (Å²) in [5.41, 5.74) is -0.0839. The Morgan fingerprint density at radius 2 is 2.03 bits per heavy atom. The molecule has 2 N–H and O–H groups in total. The molecule has 0 spiro atoms. The van der Waals surface area contributed by atoms with Gasteiger partial charge in [-0.3, -0.25) is 14.5 Å². The third kappa shape index (κ3) is 5.88. The predicted molar refractivity (Wildman–Crippen MR) is 144 cm³/mol. The van der Waals surface area contributed by atoms with E-state index in [1.54, 1.807) is 56.8 Å². The van der Waals surface area contributed by atoms with E-state index in [1.807, 2.05) is 13.8 Å². The first-order chi connectivity index (χ1) is 17.8. The lowest BCUT2D eigenvalue weighted by molar-refractivity contribution is 0.0587. The SMILES string of the molecule is CC(C)n1cccc(Nc2cc(N(C)C(=O)OC(C)(C)C)n3ncc(C(=O)C[C@@H]4CC[C@H](O)C4)c3n2)c1=O. The van der Waals surface area contributed by atoms with Crippen LogP contribution in [-0.2, 0) is 4.74 Å². The Morgan fingerprint density at radius 1 is 1.29 bits per heavy atom. The normalized spacial score (nSPS) is 17.7. The smallest absolute Gasteiger partial charge is 0.415 e. The number of anilines is 3. The molecule has 11 heteroatoms. The molecule has 204 valence electrons.